The van der Waals surface area contributed by atoms with Crippen molar-refractivity contribution in [1.29, 1.82) is 0 Å². The first kappa shape index (κ1) is 20.5. The number of nitrogens with zero attached hydrogens (tertiary/aromatic N) is 1. The summed E-state index contributed by atoms with van der Waals surface area (Å²) in [4.78, 5) is 16.5. The SMILES string of the molecule is CC1CCC(C(C)C)C(NC(=O)CCc2ncc(-c3c(F)cccc3F)o2)C1. The van der Waals surface area contributed by atoms with Gasteiger partial charge in [0, 0.05) is 18.9 Å². The zero-order valence-electron chi connectivity index (χ0n) is 16.7. The highest BCUT2D eigenvalue weighted by Gasteiger charge is 2.31. The molecule has 152 valence electrons. The van der Waals surface area contributed by atoms with Crippen LogP contribution in [0.25, 0.3) is 11.3 Å². The Balaban J connectivity index is 1.59. The van der Waals surface area contributed by atoms with Crippen molar-refractivity contribution in [3.63, 3.8) is 0 Å². The lowest BCUT2D eigenvalue weighted by atomic mass is 9.74. The van der Waals surface area contributed by atoms with E-state index in [9.17, 15) is 13.6 Å². The predicted molar refractivity (Wildman–Crippen MR) is 103 cm³/mol. The normalized spacial score (nSPS) is 22.4. The summed E-state index contributed by atoms with van der Waals surface area (Å²) in [6, 6.07) is 3.84. The minimum Gasteiger partial charge on any atom is -0.441 e. The lowest BCUT2D eigenvalue weighted by Crippen LogP contribution is -2.45. The fourth-order valence-electron chi connectivity index (χ4n) is 4.14. The van der Waals surface area contributed by atoms with Gasteiger partial charge in [0.1, 0.15) is 11.6 Å². The van der Waals surface area contributed by atoms with Crippen LogP contribution < -0.4 is 5.32 Å². The molecule has 0 bridgehead atoms. The molecule has 1 N–H and O–H groups in total. The molecule has 1 aromatic carbocycles. The van der Waals surface area contributed by atoms with Crippen molar-refractivity contribution in [3.05, 3.63) is 41.9 Å². The summed E-state index contributed by atoms with van der Waals surface area (Å²) >= 11 is 0. The molecule has 4 nitrogen and oxygen atoms in total. The second kappa shape index (κ2) is 8.84. The van der Waals surface area contributed by atoms with Gasteiger partial charge in [0.25, 0.3) is 0 Å². The van der Waals surface area contributed by atoms with Crippen molar-refractivity contribution in [3.8, 4) is 11.3 Å². The Morgan fingerprint density at radius 1 is 1.29 bits per heavy atom. The Kier molecular flexibility index (Phi) is 6.47. The van der Waals surface area contributed by atoms with E-state index < -0.39 is 11.6 Å². The zero-order valence-corrected chi connectivity index (χ0v) is 16.7. The van der Waals surface area contributed by atoms with Gasteiger partial charge in [-0.1, -0.05) is 33.3 Å². The molecular formula is C22H28F2N2O2. The summed E-state index contributed by atoms with van der Waals surface area (Å²) < 4.78 is 33.2. The Morgan fingerprint density at radius 3 is 2.68 bits per heavy atom. The Bertz CT molecular complexity index is 798. The van der Waals surface area contributed by atoms with Gasteiger partial charge < -0.3 is 9.73 Å². The topological polar surface area (TPSA) is 55.1 Å². The van der Waals surface area contributed by atoms with Crippen LogP contribution in [0.2, 0.25) is 0 Å². The van der Waals surface area contributed by atoms with Gasteiger partial charge in [-0.3, -0.25) is 4.79 Å². The second-order valence-corrected chi connectivity index (χ2v) is 8.22. The maximum absolute atomic E-state index is 13.9. The van der Waals surface area contributed by atoms with Gasteiger partial charge in [-0.25, -0.2) is 13.8 Å². The van der Waals surface area contributed by atoms with Gasteiger partial charge in [0.05, 0.1) is 11.8 Å². The molecule has 1 aliphatic carbocycles. The monoisotopic (exact) mass is 390 g/mol. The van der Waals surface area contributed by atoms with Crippen LogP contribution in [-0.4, -0.2) is 16.9 Å². The third-order valence-corrected chi connectivity index (χ3v) is 5.70. The van der Waals surface area contributed by atoms with Crippen molar-refractivity contribution in [2.24, 2.45) is 17.8 Å². The minimum absolute atomic E-state index is 0.0342. The molecule has 1 heterocycles. The van der Waals surface area contributed by atoms with Gasteiger partial charge in [-0.15, -0.1) is 0 Å². The lowest BCUT2D eigenvalue weighted by Gasteiger charge is -2.37. The van der Waals surface area contributed by atoms with Crippen LogP contribution in [0, 0.1) is 29.4 Å². The van der Waals surface area contributed by atoms with E-state index >= 15 is 0 Å². The summed E-state index contributed by atoms with van der Waals surface area (Å²) in [7, 11) is 0. The van der Waals surface area contributed by atoms with Crippen molar-refractivity contribution in [1.82, 2.24) is 10.3 Å². The highest BCUT2D eigenvalue weighted by atomic mass is 19.1. The zero-order chi connectivity index (χ0) is 20.3. The van der Waals surface area contributed by atoms with E-state index in [1.54, 1.807) is 0 Å². The quantitative estimate of drug-likeness (QED) is 0.744. The summed E-state index contributed by atoms with van der Waals surface area (Å²) in [6.07, 6.45) is 5.17. The van der Waals surface area contributed by atoms with Crippen LogP contribution in [0.4, 0.5) is 8.78 Å². The van der Waals surface area contributed by atoms with Crippen LogP contribution in [0.3, 0.4) is 0 Å². The predicted octanol–water partition coefficient (Wildman–Crippen LogP) is 5.13. The van der Waals surface area contributed by atoms with Gasteiger partial charge in [0.15, 0.2) is 11.7 Å². The van der Waals surface area contributed by atoms with Crippen LogP contribution >= 0.6 is 0 Å². The first-order valence-corrected chi connectivity index (χ1v) is 10.0. The fraction of sp³-hybridized carbons (Fsp3) is 0.545. The number of nitrogens with one attached hydrogen (secondary N) is 1. The van der Waals surface area contributed by atoms with E-state index in [1.165, 1.54) is 30.8 Å². The summed E-state index contributed by atoms with van der Waals surface area (Å²) in [5.74, 6) is 0.530. The summed E-state index contributed by atoms with van der Waals surface area (Å²) in [5, 5.41) is 3.18. The first-order chi connectivity index (χ1) is 13.3. The number of carbonyl (C=O) groups is 1. The fourth-order valence-corrected chi connectivity index (χ4v) is 4.14. The molecule has 28 heavy (non-hydrogen) atoms. The molecule has 0 radical (unpaired) electrons. The van der Waals surface area contributed by atoms with Crippen LogP contribution in [0.5, 0.6) is 0 Å². The number of hydrogen-bond acceptors (Lipinski definition) is 3. The highest BCUT2D eigenvalue weighted by Crippen LogP contribution is 2.33. The van der Waals surface area contributed by atoms with Crippen LogP contribution in [-0.2, 0) is 11.2 Å². The van der Waals surface area contributed by atoms with Crippen LogP contribution in [0.15, 0.2) is 28.8 Å². The first-order valence-electron chi connectivity index (χ1n) is 10.0. The average Bonchev–Trinajstić information content (AvgIpc) is 3.08. The molecule has 3 atom stereocenters. The molecule has 6 heteroatoms. The third kappa shape index (κ3) is 4.78. The van der Waals surface area contributed by atoms with Gasteiger partial charge in [0.2, 0.25) is 5.91 Å². The highest BCUT2D eigenvalue weighted by molar-refractivity contribution is 5.76. The number of aromatic nitrogens is 1. The number of hydrogen-bond donors (Lipinski definition) is 1. The van der Waals surface area contributed by atoms with E-state index in [1.807, 2.05) is 0 Å². The Hall–Kier alpha value is -2.24. The Labute approximate surface area is 164 Å². The molecule has 0 saturated heterocycles. The lowest BCUT2D eigenvalue weighted by molar-refractivity contribution is -0.122. The van der Waals surface area contributed by atoms with Crippen molar-refractivity contribution in [2.75, 3.05) is 0 Å². The average molecular weight is 390 g/mol. The maximum Gasteiger partial charge on any atom is 0.220 e. The molecule has 1 amide bonds. The van der Waals surface area contributed by atoms with E-state index in [0.717, 1.165) is 12.8 Å². The van der Waals surface area contributed by atoms with E-state index in [-0.39, 0.29) is 36.1 Å². The molecule has 3 rings (SSSR count). The summed E-state index contributed by atoms with van der Waals surface area (Å²) in [5.41, 5.74) is -0.235. The number of aryl methyl sites for hydroxylation is 1. The van der Waals surface area contributed by atoms with E-state index in [2.05, 4.69) is 31.1 Å². The molecule has 0 spiro atoms. The van der Waals surface area contributed by atoms with Gasteiger partial charge >= 0.3 is 0 Å². The molecule has 3 unspecified atom stereocenters. The molecule has 1 fully saturated rings. The van der Waals surface area contributed by atoms with Gasteiger partial charge in [-0.05, 0) is 42.7 Å². The molecule has 1 aliphatic rings. The molecule has 1 aromatic heterocycles. The number of halogens is 2. The van der Waals surface area contributed by atoms with Crippen molar-refractivity contribution >= 4 is 5.91 Å². The van der Waals surface area contributed by atoms with E-state index in [4.69, 9.17) is 4.42 Å². The number of oxazole rings is 1. The van der Waals surface area contributed by atoms with Gasteiger partial charge in [-0.2, -0.15) is 0 Å². The Morgan fingerprint density at radius 2 is 2.00 bits per heavy atom. The number of amides is 1. The third-order valence-electron chi connectivity index (χ3n) is 5.70. The van der Waals surface area contributed by atoms with Crippen molar-refractivity contribution in [2.45, 2.75) is 58.9 Å². The molecule has 2 aromatic rings. The standard InChI is InChI=1S/C22H28F2N2O2/c1-13(2)15-8-7-14(3)11-18(15)26-20(27)9-10-21-25-12-19(28-21)22-16(23)5-4-6-17(22)24/h4-6,12-15,18H,7-11H2,1-3H3,(H,26,27). The molecule has 1 saturated carbocycles. The number of rotatable bonds is 6. The maximum atomic E-state index is 13.9. The number of benzene rings is 1. The smallest absolute Gasteiger partial charge is 0.220 e. The van der Waals surface area contributed by atoms with Crippen molar-refractivity contribution < 1.29 is 18.0 Å². The largest absolute Gasteiger partial charge is 0.441 e. The number of carbonyl (C=O) groups excluding carboxylic acids is 1. The van der Waals surface area contributed by atoms with E-state index in [0.29, 0.717) is 23.6 Å². The van der Waals surface area contributed by atoms with Crippen LogP contribution in [0.1, 0.15) is 52.3 Å². The summed E-state index contributed by atoms with van der Waals surface area (Å²) in [6.45, 7) is 6.64. The second-order valence-electron chi connectivity index (χ2n) is 8.22. The molecular weight excluding hydrogens is 362 g/mol. The minimum atomic E-state index is -0.702. The molecule has 0 aliphatic heterocycles.